The monoisotopic (exact) mass is 294 g/mol. The van der Waals surface area contributed by atoms with Crippen molar-refractivity contribution in [3.05, 3.63) is 65.5 Å². The largest absolute Gasteiger partial charge is 0.416 e. The molecule has 0 radical (unpaired) electrons. The maximum atomic E-state index is 12.7. The number of hydrogen-bond donors (Lipinski definition) is 1. The molecule has 2 aromatic rings. The van der Waals surface area contributed by atoms with Crippen molar-refractivity contribution in [2.45, 2.75) is 25.6 Å². The molecule has 0 saturated carbocycles. The molecule has 0 saturated heterocycles. The third kappa shape index (κ3) is 4.56. The first kappa shape index (κ1) is 15.5. The van der Waals surface area contributed by atoms with Crippen LogP contribution in [0.1, 0.15) is 29.7 Å². The van der Waals surface area contributed by atoms with Crippen molar-refractivity contribution in [3.63, 3.8) is 0 Å². The zero-order valence-electron chi connectivity index (χ0n) is 11.7. The molecule has 21 heavy (non-hydrogen) atoms. The molecular weight excluding hydrogens is 277 g/mol. The quantitative estimate of drug-likeness (QED) is 0.901. The van der Waals surface area contributed by atoms with Gasteiger partial charge in [-0.15, -0.1) is 0 Å². The normalized spacial score (nSPS) is 13.1. The van der Waals surface area contributed by atoms with E-state index in [2.05, 4.69) is 10.3 Å². The first-order valence-electron chi connectivity index (χ1n) is 6.76. The molecule has 1 N–H and O–H groups in total. The first-order valence-corrected chi connectivity index (χ1v) is 6.76. The van der Waals surface area contributed by atoms with Gasteiger partial charge < -0.3 is 5.32 Å². The fourth-order valence-electron chi connectivity index (χ4n) is 2.08. The maximum absolute atomic E-state index is 12.7. The summed E-state index contributed by atoms with van der Waals surface area (Å²) in [6.07, 6.45) is -0.0125. The van der Waals surface area contributed by atoms with E-state index < -0.39 is 11.7 Å². The number of hydrogen-bond acceptors (Lipinski definition) is 2. The van der Waals surface area contributed by atoms with E-state index in [0.29, 0.717) is 12.1 Å². The molecule has 0 aliphatic rings. The molecule has 1 aromatic heterocycles. The number of aromatic nitrogens is 1. The molecular formula is C16H17F3N2. The number of rotatable bonds is 5. The molecule has 1 aromatic carbocycles. The molecule has 5 heteroatoms. The van der Waals surface area contributed by atoms with Crippen LogP contribution < -0.4 is 5.32 Å². The first-order chi connectivity index (χ1) is 9.97. The minimum Gasteiger partial charge on any atom is -0.310 e. The number of alkyl halides is 3. The Balaban J connectivity index is 1.93. The van der Waals surface area contributed by atoms with Gasteiger partial charge in [0.25, 0.3) is 0 Å². The highest BCUT2D eigenvalue weighted by Crippen LogP contribution is 2.30. The van der Waals surface area contributed by atoms with E-state index in [1.54, 1.807) is 18.5 Å². The summed E-state index contributed by atoms with van der Waals surface area (Å²) in [5.74, 6) is 0. The van der Waals surface area contributed by atoms with Gasteiger partial charge in [0.1, 0.15) is 0 Å². The van der Waals surface area contributed by atoms with Gasteiger partial charge in [0.15, 0.2) is 0 Å². The second kappa shape index (κ2) is 6.72. The lowest BCUT2D eigenvalue weighted by atomic mass is 10.0. The zero-order valence-corrected chi connectivity index (χ0v) is 11.7. The smallest absolute Gasteiger partial charge is 0.310 e. The van der Waals surface area contributed by atoms with Gasteiger partial charge in [0.2, 0.25) is 0 Å². The van der Waals surface area contributed by atoms with Crippen LogP contribution in [0.2, 0.25) is 0 Å². The van der Waals surface area contributed by atoms with Crippen molar-refractivity contribution < 1.29 is 13.2 Å². The molecule has 1 unspecified atom stereocenters. The Morgan fingerprint density at radius 2 is 2.00 bits per heavy atom. The second-order valence-corrected chi connectivity index (χ2v) is 4.91. The van der Waals surface area contributed by atoms with E-state index in [1.165, 1.54) is 12.1 Å². The van der Waals surface area contributed by atoms with Gasteiger partial charge in [-0.1, -0.05) is 18.2 Å². The van der Waals surface area contributed by atoms with E-state index in [1.807, 2.05) is 19.1 Å². The average Bonchev–Trinajstić information content (AvgIpc) is 2.47. The number of benzene rings is 1. The number of nitrogens with one attached hydrogen (secondary N) is 1. The van der Waals surface area contributed by atoms with Crippen LogP contribution in [-0.4, -0.2) is 11.5 Å². The van der Waals surface area contributed by atoms with E-state index in [9.17, 15) is 13.2 Å². The van der Waals surface area contributed by atoms with Crippen LogP contribution in [0.15, 0.2) is 48.8 Å². The standard InChI is InChI=1S/C16H17F3N2/c1-12(21-9-7-13-4-3-8-20-11-13)14-5-2-6-15(10-14)16(17,18)19/h2-6,8,10-12,21H,7,9H2,1H3. The Bertz CT molecular complexity index is 567. The average molecular weight is 294 g/mol. The molecule has 2 nitrogen and oxygen atoms in total. The fourth-order valence-corrected chi connectivity index (χ4v) is 2.08. The molecule has 0 aliphatic heterocycles. The van der Waals surface area contributed by atoms with Crippen molar-refractivity contribution in [2.24, 2.45) is 0 Å². The predicted octanol–water partition coefficient (Wildman–Crippen LogP) is 3.99. The van der Waals surface area contributed by atoms with Crippen LogP contribution >= 0.6 is 0 Å². The highest BCUT2D eigenvalue weighted by molar-refractivity contribution is 5.27. The SMILES string of the molecule is CC(NCCc1cccnc1)c1cccc(C(F)(F)F)c1. The number of nitrogens with zero attached hydrogens (tertiary/aromatic N) is 1. The van der Waals surface area contributed by atoms with E-state index >= 15 is 0 Å². The lowest BCUT2D eigenvalue weighted by Crippen LogP contribution is -2.21. The highest BCUT2D eigenvalue weighted by atomic mass is 19.4. The summed E-state index contributed by atoms with van der Waals surface area (Å²) >= 11 is 0. The van der Waals surface area contributed by atoms with Gasteiger partial charge in [-0.2, -0.15) is 13.2 Å². The topological polar surface area (TPSA) is 24.9 Å². The Hall–Kier alpha value is -1.88. The summed E-state index contributed by atoms with van der Waals surface area (Å²) < 4.78 is 38.0. The summed E-state index contributed by atoms with van der Waals surface area (Å²) in [5, 5.41) is 3.23. The summed E-state index contributed by atoms with van der Waals surface area (Å²) in [6.45, 7) is 2.54. The number of pyridine rings is 1. The van der Waals surface area contributed by atoms with E-state index in [0.717, 1.165) is 18.1 Å². The van der Waals surface area contributed by atoms with Crippen LogP contribution in [-0.2, 0) is 12.6 Å². The molecule has 112 valence electrons. The van der Waals surface area contributed by atoms with Crippen LogP contribution in [0.4, 0.5) is 13.2 Å². The summed E-state index contributed by atoms with van der Waals surface area (Å²) in [4.78, 5) is 4.03. The molecule has 0 bridgehead atoms. The van der Waals surface area contributed by atoms with E-state index in [4.69, 9.17) is 0 Å². The Morgan fingerprint density at radius 1 is 1.19 bits per heavy atom. The van der Waals surface area contributed by atoms with Gasteiger partial charge in [-0.05, 0) is 49.2 Å². The second-order valence-electron chi connectivity index (χ2n) is 4.91. The van der Waals surface area contributed by atoms with Gasteiger partial charge >= 0.3 is 6.18 Å². The molecule has 0 spiro atoms. The molecule has 1 atom stereocenters. The van der Waals surface area contributed by atoms with Crippen LogP contribution in [0, 0.1) is 0 Å². The highest BCUT2D eigenvalue weighted by Gasteiger charge is 2.30. The Labute approximate surface area is 122 Å². The molecule has 2 rings (SSSR count). The van der Waals surface area contributed by atoms with Gasteiger partial charge in [0.05, 0.1) is 5.56 Å². The summed E-state index contributed by atoms with van der Waals surface area (Å²) in [6, 6.07) is 9.14. The van der Waals surface area contributed by atoms with E-state index in [-0.39, 0.29) is 6.04 Å². The fraction of sp³-hybridized carbons (Fsp3) is 0.312. The zero-order chi connectivity index (χ0) is 15.3. The van der Waals surface area contributed by atoms with Crippen LogP contribution in [0.25, 0.3) is 0 Å². The summed E-state index contributed by atoms with van der Waals surface area (Å²) in [5.41, 5.74) is 1.12. The lowest BCUT2D eigenvalue weighted by Gasteiger charge is -2.16. The van der Waals surface area contributed by atoms with Gasteiger partial charge in [-0.3, -0.25) is 4.98 Å². The molecule has 0 fully saturated rings. The Kier molecular flexibility index (Phi) is 4.96. The van der Waals surface area contributed by atoms with Crippen LogP contribution in [0.5, 0.6) is 0 Å². The Morgan fingerprint density at radius 3 is 2.67 bits per heavy atom. The van der Waals surface area contributed by atoms with Crippen molar-refractivity contribution >= 4 is 0 Å². The van der Waals surface area contributed by atoms with Gasteiger partial charge in [0, 0.05) is 18.4 Å². The van der Waals surface area contributed by atoms with Crippen molar-refractivity contribution in [3.8, 4) is 0 Å². The van der Waals surface area contributed by atoms with Crippen molar-refractivity contribution in [1.29, 1.82) is 0 Å². The molecule has 0 amide bonds. The third-order valence-corrected chi connectivity index (χ3v) is 3.30. The van der Waals surface area contributed by atoms with Crippen molar-refractivity contribution in [2.75, 3.05) is 6.54 Å². The maximum Gasteiger partial charge on any atom is 0.416 e. The minimum atomic E-state index is -4.30. The predicted molar refractivity (Wildman–Crippen MR) is 75.8 cm³/mol. The van der Waals surface area contributed by atoms with Gasteiger partial charge in [-0.25, -0.2) is 0 Å². The molecule has 0 aliphatic carbocycles. The molecule has 1 heterocycles. The lowest BCUT2D eigenvalue weighted by molar-refractivity contribution is -0.137. The number of halogens is 3. The van der Waals surface area contributed by atoms with Crippen molar-refractivity contribution in [1.82, 2.24) is 10.3 Å². The summed E-state index contributed by atoms with van der Waals surface area (Å²) in [7, 11) is 0. The van der Waals surface area contributed by atoms with Crippen LogP contribution in [0.3, 0.4) is 0 Å². The minimum absolute atomic E-state index is 0.135. The third-order valence-electron chi connectivity index (χ3n) is 3.30.